The monoisotopic (exact) mass is 314 g/mol. The number of hydrogen-bond donors (Lipinski definition) is 1. The van der Waals surface area contributed by atoms with Gasteiger partial charge in [0.15, 0.2) is 4.67 Å². The van der Waals surface area contributed by atoms with Crippen LogP contribution in [0.4, 0.5) is 0 Å². The highest BCUT2D eigenvalue weighted by molar-refractivity contribution is 9.10. The molecule has 1 saturated heterocycles. The van der Waals surface area contributed by atoms with Crippen LogP contribution in [0.25, 0.3) is 0 Å². The minimum Gasteiger partial charge on any atom is -0.453 e. The summed E-state index contributed by atoms with van der Waals surface area (Å²) in [6.45, 7) is 7.48. The molecule has 0 aliphatic carbocycles. The predicted molar refractivity (Wildman–Crippen MR) is 77.4 cm³/mol. The highest BCUT2D eigenvalue weighted by atomic mass is 79.9. The first-order valence-corrected chi connectivity index (χ1v) is 7.63. The Hall–Kier alpha value is -0.320. The first kappa shape index (κ1) is 14.1. The van der Waals surface area contributed by atoms with E-state index in [2.05, 4.69) is 34.7 Å². The molecule has 2 heterocycles. The van der Waals surface area contributed by atoms with Crippen molar-refractivity contribution in [3.63, 3.8) is 0 Å². The van der Waals surface area contributed by atoms with E-state index in [1.54, 1.807) is 0 Å². The van der Waals surface area contributed by atoms with Crippen LogP contribution in [0.2, 0.25) is 0 Å². The molecule has 18 heavy (non-hydrogen) atoms. The summed E-state index contributed by atoms with van der Waals surface area (Å²) in [5.41, 5.74) is 6.43. The van der Waals surface area contributed by atoms with E-state index in [0.29, 0.717) is 12.0 Å². The van der Waals surface area contributed by atoms with Crippen molar-refractivity contribution in [1.82, 2.24) is 4.90 Å². The Morgan fingerprint density at radius 1 is 1.44 bits per heavy atom. The van der Waals surface area contributed by atoms with Gasteiger partial charge in [-0.25, -0.2) is 0 Å². The zero-order valence-electron chi connectivity index (χ0n) is 11.3. The molecule has 3 nitrogen and oxygen atoms in total. The van der Waals surface area contributed by atoms with Crippen LogP contribution < -0.4 is 5.73 Å². The van der Waals surface area contributed by atoms with Crippen LogP contribution in [0, 0.1) is 5.41 Å². The summed E-state index contributed by atoms with van der Waals surface area (Å²) in [6.07, 6.45) is 3.77. The lowest BCUT2D eigenvalue weighted by atomic mass is 9.82. The molecule has 0 radical (unpaired) electrons. The quantitative estimate of drug-likeness (QED) is 0.903. The van der Waals surface area contributed by atoms with Gasteiger partial charge in [-0.2, -0.15) is 0 Å². The summed E-state index contributed by atoms with van der Waals surface area (Å²) in [5, 5.41) is 0. The molecule has 1 aromatic heterocycles. The maximum atomic E-state index is 5.95. The third kappa shape index (κ3) is 2.65. The van der Waals surface area contributed by atoms with Crippen LogP contribution in [0.1, 0.15) is 44.9 Å². The molecule has 0 saturated carbocycles. The summed E-state index contributed by atoms with van der Waals surface area (Å²) < 4.78 is 6.46. The van der Waals surface area contributed by atoms with Crippen molar-refractivity contribution in [2.45, 2.75) is 39.2 Å². The van der Waals surface area contributed by atoms with E-state index in [1.165, 1.54) is 19.3 Å². The van der Waals surface area contributed by atoms with E-state index in [4.69, 9.17) is 10.2 Å². The van der Waals surface area contributed by atoms with Gasteiger partial charge in [-0.1, -0.05) is 13.8 Å². The van der Waals surface area contributed by atoms with Crippen molar-refractivity contribution in [3.8, 4) is 0 Å². The second-order valence-electron chi connectivity index (χ2n) is 5.32. The molecule has 0 spiro atoms. The van der Waals surface area contributed by atoms with Gasteiger partial charge in [-0.05, 0) is 59.3 Å². The van der Waals surface area contributed by atoms with Crippen molar-refractivity contribution >= 4 is 15.9 Å². The number of likely N-dealkylation sites (tertiary alicyclic amines) is 1. The number of rotatable bonds is 5. The fourth-order valence-corrected chi connectivity index (χ4v) is 3.33. The second-order valence-corrected chi connectivity index (χ2v) is 6.10. The fourth-order valence-electron chi connectivity index (χ4n) is 3.02. The zero-order chi connectivity index (χ0) is 13.2. The molecule has 0 amide bonds. The molecule has 4 heteroatoms. The number of nitrogens with zero attached hydrogens (tertiary/aromatic N) is 1. The van der Waals surface area contributed by atoms with Crippen LogP contribution in [0.15, 0.2) is 21.2 Å². The lowest BCUT2D eigenvalue weighted by Crippen LogP contribution is -2.34. The molecule has 1 unspecified atom stereocenters. The van der Waals surface area contributed by atoms with Crippen molar-refractivity contribution in [2.75, 3.05) is 19.6 Å². The number of halogens is 1. The molecule has 2 rings (SSSR count). The van der Waals surface area contributed by atoms with Gasteiger partial charge in [0.2, 0.25) is 0 Å². The molecule has 1 aliphatic rings. The van der Waals surface area contributed by atoms with E-state index >= 15 is 0 Å². The summed E-state index contributed by atoms with van der Waals surface area (Å²) in [5.74, 6) is 0.979. The van der Waals surface area contributed by atoms with Gasteiger partial charge in [0, 0.05) is 13.1 Å². The molecule has 1 aromatic rings. The average Bonchev–Trinajstić information content (AvgIpc) is 2.99. The van der Waals surface area contributed by atoms with Crippen LogP contribution in [0.3, 0.4) is 0 Å². The smallest absolute Gasteiger partial charge is 0.169 e. The molecule has 2 N–H and O–H groups in total. The fraction of sp³-hybridized carbons (Fsp3) is 0.714. The Labute approximate surface area is 118 Å². The van der Waals surface area contributed by atoms with Crippen LogP contribution in [-0.2, 0) is 0 Å². The van der Waals surface area contributed by atoms with E-state index in [9.17, 15) is 0 Å². The molecule has 102 valence electrons. The third-order valence-corrected chi connectivity index (χ3v) is 4.98. The molecular weight excluding hydrogens is 292 g/mol. The maximum absolute atomic E-state index is 5.95. The van der Waals surface area contributed by atoms with Gasteiger partial charge < -0.3 is 10.2 Å². The van der Waals surface area contributed by atoms with Crippen molar-refractivity contribution in [2.24, 2.45) is 11.1 Å². The molecule has 0 bridgehead atoms. The normalized spacial score (nSPS) is 21.3. The van der Waals surface area contributed by atoms with Gasteiger partial charge in [0.25, 0.3) is 0 Å². The lowest BCUT2D eigenvalue weighted by Gasteiger charge is -2.29. The Morgan fingerprint density at radius 3 is 2.61 bits per heavy atom. The largest absolute Gasteiger partial charge is 0.453 e. The average molecular weight is 315 g/mol. The number of hydrogen-bond acceptors (Lipinski definition) is 3. The topological polar surface area (TPSA) is 42.4 Å². The highest BCUT2D eigenvalue weighted by Gasteiger charge is 2.38. The van der Waals surface area contributed by atoms with Gasteiger partial charge >= 0.3 is 0 Å². The Bertz CT molecular complexity index is 387. The first-order chi connectivity index (χ1) is 8.64. The van der Waals surface area contributed by atoms with Crippen LogP contribution in [0.5, 0.6) is 0 Å². The maximum Gasteiger partial charge on any atom is 0.169 e. The van der Waals surface area contributed by atoms with Gasteiger partial charge in [-0.15, -0.1) is 0 Å². The molecule has 1 aliphatic heterocycles. The van der Waals surface area contributed by atoms with Crippen LogP contribution >= 0.6 is 15.9 Å². The number of furan rings is 1. The van der Waals surface area contributed by atoms with Crippen LogP contribution in [-0.4, -0.2) is 24.5 Å². The van der Waals surface area contributed by atoms with Crippen molar-refractivity contribution in [1.29, 1.82) is 0 Å². The van der Waals surface area contributed by atoms with E-state index in [1.807, 2.05) is 12.1 Å². The predicted octanol–water partition coefficient (Wildman–Crippen LogP) is 3.55. The summed E-state index contributed by atoms with van der Waals surface area (Å²) in [4.78, 5) is 2.48. The minimum absolute atomic E-state index is 0.219. The third-order valence-electron chi connectivity index (χ3n) is 4.55. The van der Waals surface area contributed by atoms with Gasteiger partial charge in [0.05, 0.1) is 6.04 Å². The van der Waals surface area contributed by atoms with Crippen molar-refractivity contribution < 1.29 is 4.42 Å². The Kier molecular flexibility index (Phi) is 4.51. The highest BCUT2D eigenvalue weighted by Crippen LogP contribution is 2.40. The minimum atomic E-state index is 0.219. The van der Waals surface area contributed by atoms with E-state index in [-0.39, 0.29) is 6.04 Å². The molecule has 0 aromatic carbocycles. The second kappa shape index (κ2) is 5.76. The van der Waals surface area contributed by atoms with E-state index < -0.39 is 0 Å². The zero-order valence-corrected chi connectivity index (χ0v) is 12.9. The lowest BCUT2D eigenvalue weighted by molar-refractivity contribution is 0.179. The Morgan fingerprint density at radius 2 is 2.17 bits per heavy atom. The van der Waals surface area contributed by atoms with Gasteiger partial charge in [-0.3, -0.25) is 4.90 Å². The summed E-state index contributed by atoms with van der Waals surface area (Å²) in [7, 11) is 0. The summed E-state index contributed by atoms with van der Waals surface area (Å²) in [6, 6.07) is 4.19. The molecule has 1 fully saturated rings. The standard InChI is InChI=1S/C14H23BrN2O/c1-3-14(4-2)7-8-17(10-14)11(9-16)12-5-6-13(15)18-12/h5-6,11H,3-4,7-10,16H2,1-2H3. The molecule has 1 atom stereocenters. The molecular formula is C14H23BrN2O. The summed E-state index contributed by atoms with van der Waals surface area (Å²) >= 11 is 3.36. The SMILES string of the molecule is CCC1(CC)CCN(C(CN)c2ccc(Br)o2)C1. The van der Waals surface area contributed by atoms with Gasteiger partial charge in [0.1, 0.15) is 5.76 Å². The van der Waals surface area contributed by atoms with E-state index in [0.717, 1.165) is 23.5 Å². The number of nitrogens with two attached hydrogens (primary N) is 1. The first-order valence-electron chi connectivity index (χ1n) is 6.83. The van der Waals surface area contributed by atoms with Crippen molar-refractivity contribution in [3.05, 3.63) is 22.6 Å². The Balaban J connectivity index is 2.11.